The number of halogens is 2. The molecule has 0 unspecified atom stereocenters. The molecular formula is C21H21Cl2NTi-2. The topological polar surface area (TPSA) is 4.93 Å². The molecule has 0 spiro atoms. The smallest absolute Gasteiger partial charge is 0.00705 e. The third-order valence-corrected chi connectivity index (χ3v) is 3.79. The van der Waals surface area contributed by atoms with E-state index in [-0.39, 0.29) is 0 Å². The quantitative estimate of drug-likeness (QED) is 0.320. The van der Waals surface area contributed by atoms with Gasteiger partial charge in [0.05, 0.1) is 0 Å². The van der Waals surface area contributed by atoms with Gasteiger partial charge in [-0.2, -0.15) is 6.08 Å². The van der Waals surface area contributed by atoms with Gasteiger partial charge in [0.25, 0.3) is 0 Å². The molecule has 0 bridgehead atoms. The van der Waals surface area contributed by atoms with Crippen molar-refractivity contribution in [3.8, 4) is 5.69 Å². The van der Waals surface area contributed by atoms with Crippen molar-refractivity contribution in [1.82, 2.24) is 4.57 Å². The number of rotatable bonds is 3. The van der Waals surface area contributed by atoms with Crippen LogP contribution in [0.15, 0.2) is 78.6 Å². The fourth-order valence-corrected chi connectivity index (χ4v) is 2.68. The molecule has 0 saturated heterocycles. The summed E-state index contributed by atoms with van der Waals surface area (Å²) < 4.78 is 2.12. The van der Waals surface area contributed by atoms with Crippen molar-refractivity contribution in [3.05, 3.63) is 84.7 Å². The largest absolute Gasteiger partial charge is 0.342 e. The molecule has 3 aromatic rings. The molecule has 0 atom stereocenters. The first kappa shape index (κ1) is 20.2. The van der Waals surface area contributed by atoms with Gasteiger partial charge in [-0.3, -0.25) is 6.08 Å². The summed E-state index contributed by atoms with van der Waals surface area (Å²) in [5, 5.41) is 2.60. The summed E-state index contributed by atoms with van der Waals surface area (Å²) >= 11 is -0.556. The maximum atomic E-state index is 4.89. The second-order valence-corrected chi connectivity index (χ2v) is 8.14. The molecule has 4 heteroatoms. The van der Waals surface area contributed by atoms with Gasteiger partial charge in [-0.05, 0) is 17.8 Å². The zero-order chi connectivity index (χ0) is 17.9. The minimum Gasteiger partial charge on any atom is -0.342 e. The summed E-state index contributed by atoms with van der Waals surface area (Å²) in [6, 6.07) is 16.9. The molecular weight excluding hydrogens is 385 g/mol. The third kappa shape index (κ3) is 6.60. The molecule has 1 heterocycles. The Hall–Kier alpha value is -1.12. The van der Waals surface area contributed by atoms with Crippen LogP contribution in [-0.2, 0) is 17.0 Å². The molecule has 1 aliphatic rings. The maximum Gasteiger partial charge on any atom is 0.00705 e. The molecule has 25 heavy (non-hydrogen) atoms. The van der Waals surface area contributed by atoms with Gasteiger partial charge in [0.15, 0.2) is 0 Å². The van der Waals surface area contributed by atoms with Crippen LogP contribution in [0.2, 0.25) is 0 Å². The summed E-state index contributed by atoms with van der Waals surface area (Å²) in [6.07, 6.45) is 15.2. The molecule has 2 aromatic carbocycles. The van der Waals surface area contributed by atoms with Crippen LogP contribution in [-0.4, -0.2) is 4.57 Å². The summed E-state index contributed by atoms with van der Waals surface area (Å²) in [6.45, 7) is 2.20. The van der Waals surface area contributed by atoms with Crippen LogP contribution in [0, 0.1) is 6.08 Å². The van der Waals surface area contributed by atoms with E-state index in [1.165, 1.54) is 34.9 Å². The summed E-state index contributed by atoms with van der Waals surface area (Å²) in [5.41, 5.74) is 2.63. The molecule has 1 aromatic heterocycles. The van der Waals surface area contributed by atoms with Crippen molar-refractivity contribution in [2.45, 2.75) is 26.2 Å². The molecule has 0 amide bonds. The van der Waals surface area contributed by atoms with E-state index in [2.05, 4.69) is 78.5 Å². The number of aromatic nitrogens is 1. The van der Waals surface area contributed by atoms with Crippen LogP contribution in [0.1, 0.15) is 26.2 Å². The Kier molecular flexibility index (Phi) is 9.28. The van der Waals surface area contributed by atoms with E-state index in [1.54, 1.807) is 0 Å². The van der Waals surface area contributed by atoms with Crippen LogP contribution in [0.5, 0.6) is 0 Å². The van der Waals surface area contributed by atoms with Crippen LogP contribution >= 0.6 is 18.6 Å². The predicted octanol–water partition coefficient (Wildman–Crippen LogP) is 7.20. The summed E-state index contributed by atoms with van der Waals surface area (Å²) in [4.78, 5) is 0. The third-order valence-electron chi connectivity index (χ3n) is 3.79. The standard InChI is InChI=1S/C13H10N.C8H11.2ClH.Ti/c1-2-6-12-10-13(9-11(12)5-1)14-7-3-4-8-14;1-2-5-8-6-3-4-7-8;;;/h1-10H;3,6H,2,4-5H2,1H3;2*1H;/q2*-1;;;+2/p-2. The van der Waals surface area contributed by atoms with Gasteiger partial charge in [0, 0.05) is 12.4 Å². The zero-order valence-corrected chi connectivity index (χ0v) is 17.3. The predicted molar refractivity (Wildman–Crippen MR) is 106 cm³/mol. The SMILES string of the molecule is CCCC1=[C-]CC=C1.[Cl][Ti][Cl].c1ccc2[cH-]c(-n3cccc3)cc2c1. The number of hydrogen-bond acceptors (Lipinski definition) is 0. The number of allylic oxidation sites excluding steroid dienone is 4. The van der Waals surface area contributed by atoms with Crippen molar-refractivity contribution in [2.75, 3.05) is 0 Å². The van der Waals surface area contributed by atoms with E-state index in [1.807, 2.05) is 12.1 Å². The normalized spacial score (nSPS) is 12.0. The van der Waals surface area contributed by atoms with Gasteiger partial charge < -0.3 is 4.57 Å². The monoisotopic (exact) mass is 405 g/mol. The molecule has 0 aliphatic heterocycles. The second-order valence-electron chi connectivity index (χ2n) is 5.56. The second kappa shape index (κ2) is 11.5. The van der Waals surface area contributed by atoms with Crippen molar-refractivity contribution in [3.63, 3.8) is 0 Å². The Labute approximate surface area is 167 Å². The van der Waals surface area contributed by atoms with E-state index in [0.29, 0.717) is 0 Å². The Morgan fingerprint density at radius 3 is 2.48 bits per heavy atom. The fourth-order valence-electron chi connectivity index (χ4n) is 2.68. The van der Waals surface area contributed by atoms with Crippen LogP contribution in [0.25, 0.3) is 16.5 Å². The minimum absolute atomic E-state index is 0.556. The van der Waals surface area contributed by atoms with Gasteiger partial charge in [-0.15, -0.1) is 47.5 Å². The van der Waals surface area contributed by atoms with E-state index in [4.69, 9.17) is 18.6 Å². The molecule has 4 rings (SSSR count). The average molecular weight is 406 g/mol. The van der Waals surface area contributed by atoms with Crippen molar-refractivity contribution >= 4 is 29.4 Å². The van der Waals surface area contributed by atoms with Gasteiger partial charge >= 0.3 is 35.6 Å². The Bertz CT molecular complexity index is 767. The first-order chi connectivity index (χ1) is 12.3. The van der Waals surface area contributed by atoms with Crippen molar-refractivity contribution in [1.29, 1.82) is 0 Å². The molecule has 0 fully saturated rings. The first-order valence-electron chi connectivity index (χ1n) is 8.29. The summed E-state index contributed by atoms with van der Waals surface area (Å²) in [7, 11) is 9.78. The Morgan fingerprint density at radius 1 is 1.16 bits per heavy atom. The zero-order valence-electron chi connectivity index (χ0n) is 14.3. The van der Waals surface area contributed by atoms with E-state index < -0.39 is 17.0 Å². The van der Waals surface area contributed by atoms with Gasteiger partial charge in [0.1, 0.15) is 0 Å². The van der Waals surface area contributed by atoms with Gasteiger partial charge in [-0.25, -0.2) is 11.6 Å². The van der Waals surface area contributed by atoms with Gasteiger partial charge in [0.2, 0.25) is 0 Å². The average Bonchev–Trinajstić information content (AvgIpc) is 3.37. The van der Waals surface area contributed by atoms with Crippen LogP contribution in [0.3, 0.4) is 0 Å². The molecule has 0 saturated carbocycles. The Balaban J connectivity index is 0.000000175. The number of hydrogen-bond donors (Lipinski definition) is 0. The molecule has 0 N–H and O–H groups in total. The van der Waals surface area contributed by atoms with Crippen molar-refractivity contribution < 1.29 is 17.0 Å². The van der Waals surface area contributed by atoms with Crippen molar-refractivity contribution in [2.24, 2.45) is 0 Å². The molecule has 1 nitrogen and oxygen atoms in total. The molecule has 130 valence electrons. The maximum absolute atomic E-state index is 4.89. The first-order valence-corrected chi connectivity index (χ1v) is 12.6. The summed E-state index contributed by atoms with van der Waals surface area (Å²) in [5.74, 6) is 0. The van der Waals surface area contributed by atoms with Gasteiger partial charge in [-0.1, -0.05) is 25.8 Å². The fraction of sp³-hybridized carbons (Fsp3) is 0.190. The molecule has 0 radical (unpaired) electrons. The van der Waals surface area contributed by atoms with E-state index in [9.17, 15) is 0 Å². The molecule has 1 aliphatic carbocycles. The van der Waals surface area contributed by atoms with Crippen LogP contribution < -0.4 is 0 Å². The van der Waals surface area contributed by atoms with E-state index >= 15 is 0 Å². The van der Waals surface area contributed by atoms with E-state index in [0.717, 1.165) is 6.42 Å². The number of benzene rings is 1. The Morgan fingerprint density at radius 2 is 1.88 bits per heavy atom. The minimum atomic E-state index is -0.556. The van der Waals surface area contributed by atoms with Crippen LogP contribution in [0.4, 0.5) is 0 Å². The number of nitrogens with zero attached hydrogens (tertiary/aromatic N) is 1. The number of fused-ring (bicyclic) bond motifs is 1.